The summed E-state index contributed by atoms with van der Waals surface area (Å²) >= 11 is 0. The fourth-order valence-corrected chi connectivity index (χ4v) is 3.16. The largest absolute Gasteiger partial charge is 0.349 e. The molecule has 0 saturated heterocycles. The van der Waals surface area contributed by atoms with Crippen LogP contribution in [0.5, 0.6) is 0 Å². The molecule has 0 spiro atoms. The molecule has 0 unspecified atom stereocenters. The van der Waals surface area contributed by atoms with Gasteiger partial charge in [-0.1, -0.05) is 66.7 Å². The van der Waals surface area contributed by atoms with Crippen molar-refractivity contribution in [3.8, 4) is 28.2 Å². The second-order valence-electron chi connectivity index (χ2n) is 6.60. The molecule has 1 aromatic heterocycles. The standard InChI is InChI=1S/C25H21N3O/c1-2-17-26-25(29)21-13-15-22(16-14-21)28-24(20-11-7-4-8-12-20)18-23(27-28)19-9-5-3-6-10-19/h2-16,18H,1,17H2,(H,26,29). The van der Waals surface area contributed by atoms with Crippen LogP contribution in [0.1, 0.15) is 10.4 Å². The SMILES string of the molecule is C=CCNC(=O)c1ccc(-n2nc(-c3ccccc3)cc2-c2ccccc2)cc1. The minimum Gasteiger partial charge on any atom is -0.349 e. The van der Waals surface area contributed by atoms with Crippen molar-refractivity contribution in [2.24, 2.45) is 0 Å². The van der Waals surface area contributed by atoms with E-state index in [0.29, 0.717) is 12.1 Å². The topological polar surface area (TPSA) is 46.9 Å². The van der Waals surface area contributed by atoms with Crippen LogP contribution in [0.15, 0.2) is 104 Å². The molecule has 0 aliphatic rings. The lowest BCUT2D eigenvalue weighted by Gasteiger charge is -2.09. The number of aromatic nitrogens is 2. The van der Waals surface area contributed by atoms with Crippen LogP contribution in [0.4, 0.5) is 0 Å². The summed E-state index contributed by atoms with van der Waals surface area (Å²) in [5, 5.41) is 7.65. The summed E-state index contributed by atoms with van der Waals surface area (Å²) in [5.74, 6) is -0.120. The van der Waals surface area contributed by atoms with Gasteiger partial charge in [-0.15, -0.1) is 6.58 Å². The quantitative estimate of drug-likeness (QED) is 0.473. The van der Waals surface area contributed by atoms with Crippen molar-refractivity contribution < 1.29 is 4.79 Å². The van der Waals surface area contributed by atoms with Crippen LogP contribution in [0.25, 0.3) is 28.2 Å². The molecule has 0 atom stereocenters. The highest BCUT2D eigenvalue weighted by Gasteiger charge is 2.13. The van der Waals surface area contributed by atoms with E-state index in [2.05, 4.69) is 42.2 Å². The van der Waals surface area contributed by atoms with Gasteiger partial charge in [0.15, 0.2) is 0 Å². The van der Waals surface area contributed by atoms with E-state index in [4.69, 9.17) is 5.10 Å². The number of nitrogens with zero attached hydrogens (tertiary/aromatic N) is 2. The molecule has 1 amide bonds. The zero-order valence-electron chi connectivity index (χ0n) is 16.0. The van der Waals surface area contributed by atoms with Crippen molar-refractivity contribution in [3.63, 3.8) is 0 Å². The summed E-state index contributed by atoms with van der Waals surface area (Å²) < 4.78 is 1.92. The van der Waals surface area contributed by atoms with Crippen molar-refractivity contribution in [3.05, 3.63) is 109 Å². The molecule has 4 heteroatoms. The molecule has 0 radical (unpaired) electrons. The van der Waals surface area contributed by atoms with Gasteiger partial charge in [0.2, 0.25) is 0 Å². The van der Waals surface area contributed by atoms with E-state index < -0.39 is 0 Å². The molecule has 4 aromatic rings. The van der Waals surface area contributed by atoms with Crippen LogP contribution in [-0.4, -0.2) is 22.2 Å². The summed E-state index contributed by atoms with van der Waals surface area (Å²) in [7, 11) is 0. The summed E-state index contributed by atoms with van der Waals surface area (Å²) in [6, 6.07) is 29.8. The second kappa shape index (κ2) is 8.40. The average molecular weight is 379 g/mol. The molecule has 4 rings (SSSR count). The summed E-state index contributed by atoms with van der Waals surface area (Å²) in [6.45, 7) is 4.06. The fourth-order valence-electron chi connectivity index (χ4n) is 3.16. The highest BCUT2D eigenvalue weighted by Crippen LogP contribution is 2.28. The third kappa shape index (κ3) is 4.01. The first kappa shape index (κ1) is 18.4. The Labute approximate surface area is 170 Å². The summed E-state index contributed by atoms with van der Waals surface area (Å²) in [4.78, 5) is 12.1. The zero-order chi connectivity index (χ0) is 20.1. The second-order valence-corrected chi connectivity index (χ2v) is 6.60. The molecule has 0 aliphatic heterocycles. The maximum Gasteiger partial charge on any atom is 0.251 e. The minimum absolute atomic E-state index is 0.120. The zero-order valence-corrected chi connectivity index (χ0v) is 16.0. The predicted octanol–water partition coefficient (Wildman–Crippen LogP) is 5.12. The Hall–Kier alpha value is -3.92. The number of carbonyl (C=O) groups excluding carboxylic acids is 1. The smallest absolute Gasteiger partial charge is 0.251 e. The van der Waals surface area contributed by atoms with Gasteiger partial charge in [0.25, 0.3) is 5.91 Å². The van der Waals surface area contributed by atoms with Crippen LogP contribution in [0, 0.1) is 0 Å². The third-order valence-electron chi connectivity index (χ3n) is 4.63. The number of hydrogen-bond donors (Lipinski definition) is 1. The van der Waals surface area contributed by atoms with Crippen molar-refractivity contribution in [1.29, 1.82) is 0 Å². The van der Waals surface area contributed by atoms with Gasteiger partial charge in [-0.25, -0.2) is 4.68 Å². The Kier molecular flexibility index (Phi) is 5.34. The number of amides is 1. The normalized spacial score (nSPS) is 10.5. The molecule has 29 heavy (non-hydrogen) atoms. The van der Waals surface area contributed by atoms with Crippen molar-refractivity contribution in [1.82, 2.24) is 15.1 Å². The van der Waals surface area contributed by atoms with Crippen LogP contribution < -0.4 is 5.32 Å². The van der Waals surface area contributed by atoms with Gasteiger partial charge in [-0.3, -0.25) is 4.79 Å². The molecular formula is C25H21N3O. The molecule has 0 saturated carbocycles. The molecule has 0 bridgehead atoms. The highest BCUT2D eigenvalue weighted by atomic mass is 16.1. The first-order valence-corrected chi connectivity index (χ1v) is 9.47. The number of hydrogen-bond acceptors (Lipinski definition) is 2. The lowest BCUT2D eigenvalue weighted by Crippen LogP contribution is -2.23. The number of rotatable bonds is 6. The maximum atomic E-state index is 12.1. The molecule has 4 nitrogen and oxygen atoms in total. The van der Waals surface area contributed by atoms with Gasteiger partial charge in [0.1, 0.15) is 0 Å². The molecule has 0 aliphatic carbocycles. The van der Waals surface area contributed by atoms with Gasteiger partial charge >= 0.3 is 0 Å². The number of carbonyl (C=O) groups is 1. The lowest BCUT2D eigenvalue weighted by molar-refractivity contribution is 0.0958. The van der Waals surface area contributed by atoms with Crippen molar-refractivity contribution in [2.45, 2.75) is 0 Å². The van der Waals surface area contributed by atoms with E-state index in [9.17, 15) is 4.79 Å². The van der Waals surface area contributed by atoms with Gasteiger partial charge in [-0.2, -0.15) is 5.10 Å². The summed E-state index contributed by atoms with van der Waals surface area (Å²) in [6.07, 6.45) is 1.66. The fraction of sp³-hybridized carbons (Fsp3) is 0.0400. The minimum atomic E-state index is -0.120. The molecule has 0 fully saturated rings. The first-order valence-electron chi connectivity index (χ1n) is 9.47. The Balaban J connectivity index is 1.75. The van der Waals surface area contributed by atoms with E-state index in [1.807, 2.05) is 65.3 Å². The van der Waals surface area contributed by atoms with Crippen molar-refractivity contribution in [2.75, 3.05) is 6.54 Å². The molecule has 3 aromatic carbocycles. The van der Waals surface area contributed by atoms with Gasteiger partial charge < -0.3 is 5.32 Å². The lowest BCUT2D eigenvalue weighted by atomic mass is 10.1. The van der Waals surface area contributed by atoms with Crippen LogP contribution >= 0.6 is 0 Å². The Morgan fingerprint density at radius 1 is 0.897 bits per heavy atom. The van der Waals surface area contributed by atoms with Gasteiger partial charge in [0.05, 0.1) is 17.1 Å². The number of nitrogens with one attached hydrogen (secondary N) is 1. The Morgan fingerprint density at radius 2 is 1.52 bits per heavy atom. The average Bonchev–Trinajstić information content (AvgIpc) is 3.24. The molecular weight excluding hydrogens is 358 g/mol. The van der Waals surface area contributed by atoms with E-state index >= 15 is 0 Å². The Bertz CT molecular complexity index is 1110. The van der Waals surface area contributed by atoms with Gasteiger partial charge in [0, 0.05) is 23.2 Å². The van der Waals surface area contributed by atoms with Crippen LogP contribution in [0.3, 0.4) is 0 Å². The van der Waals surface area contributed by atoms with Crippen LogP contribution in [-0.2, 0) is 0 Å². The third-order valence-corrected chi connectivity index (χ3v) is 4.63. The number of benzene rings is 3. The molecule has 1 heterocycles. The van der Waals surface area contributed by atoms with E-state index in [1.54, 1.807) is 6.08 Å². The monoisotopic (exact) mass is 379 g/mol. The maximum absolute atomic E-state index is 12.1. The first-order chi connectivity index (χ1) is 14.3. The van der Waals surface area contributed by atoms with E-state index in [0.717, 1.165) is 28.2 Å². The van der Waals surface area contributed by atoms with Gasteiger partial charge in [-0.05, 0) is 30.3 Å². The highest BCUT2D eigenvalue weighted by molar-refractivity contribution is 5.94. The predicted molar refractivity (Wildman–Crippen MR) is 117 cm³/mol. The Morgan fingerprint density at radius 3 is 2.14 bits per heavy atom. The molecule has 1 N–H and O–H groups in total. The van der Waals surface area contributed by atoms with Crippen LogP contribution in [0.2, 0.25) is 0 Å². The molecule has 142 valence electrons. The summed E-state index contributed by atoms with van der Waals surface area (Å²) in [5.41, 5.74) is 5.53. The van der Waals surface area contributed by atoms with Crippen molar-refractivity contribution >= 4 is 5.91 Å². The van der Waals surface area contributed by atoms with E-state index in [1.165, 1.54) is 0 Å². The van der Waals surface area contributed by atoms with E-state index in [-0.39, 0.29) is 5.91 Å².